The average molecular weight is 237 g/mol. The van der Waals surface area contributed by atoms with Crippen molar-refractivity contribution in [1.29, 1.82) is 0 Å². The Morgan fingerprint density at radius 3 is 2.44 bits per heavy atom. The van der Waals surface area contributed by atoms with Crippen LogP contribution in [0.2, 0.25) is 0 Å². The van der Waals surface area contributed by atoms with Gasteiger partial charge >= 0.3 is 0 Å². The van der Waals surface area contributed by atoms with E-state index in [4.69, 9.17) is 16.0 Å². The van der Waals surface area contributed by atoms with E-state index in [0.717, 1.165) is 5.56 Å². The van der Waals surface area contributed by atoms with Crippen LogP contribution in [-0.2, 0) is 5.60 Å². The molecule has 0 fully saturated rings. The van der Waals surface area contributed by atoms with E-state index < -0.39 is 5.60 Å². The zero-order valence-corrected chi connectivity index (χ0v) is 9.52. The molecule has 0 amide bonds. The minimum absolute atomic E-state index is 0.367. The second-order valence-electron chi connectivity index (χ2n) is 3.64. The summed E-state index contributed by atoms with van der Waals surface area (Å²) >= 11 is 5.75. The topological polar surface area (TPSA) is 33.4 Å². The van der Waals surface area contributed by atoms with Gasteiger partial charge in [0, 0.05) is 12.3 Å². The fourth-order valence-electron chi connectivity index (χ4n) is 1.77. The molecule has 1 N–H and O–H groups in total. The van der Waals surface area contributed by atoms with Crippen molar-refractivity contribution < 1.29 is 9.52 Å². The minimum Gasteiger partial charge on any atom is -0.466 e. The molecule has 1 unspecified atom stereocenters. The van der Waals surface area contributed by atoms with Gasteiger partial charge in [0.2, 0.25) is 0 Å². The summed E-state index contributed by atoms with van der Waals surface area (Å²) < 4.78 is 5.30. The Kier molecular flexibility index (Phi) is 3.32. The molecule has 0 radical (unpaired) electrons. The van der Waals surface area contributed by atoms with Crippen LogP contribution in [0, 0.1) is 0 Å². The highest BCUT2D eigenvalue weighted by molar-refractivity contribution is 6.17. The van der Waals surface area contributed by atoms with Crippen molar-refractivity contribution in [2.45, 2.75) is 12.0 Å². The molecule has 1 aromatic heterocycles. The molecule has 1 heterocycles. The van der Waals surface area contributed by atoms with Gasteiger partial charge in [-0.2, -0.15) is 0 Å². The normalized spacial score (nSPS) is 14.6. The largest absolute Gasteiger partial charge is 0.466 e. The van der Waals surface area contributed by atoms with Crippen LogP contribution in [0.25, 0.3) is 0 Å². The van der Waals surface area contributed by atoms with Crippen molar-refractivity contribution >= 4 is 11.6 Å². The Morgan fingerprint density at radius 1 is 1.12 bits per heavy atom. The summed E-state index contributed by atoms with van der Waals surface area (Å²) in [4.78, 5) is 0. The molecule has 2 aromatic rings. The SMILES string of the molecule is OC(CCCl)(c1ccccc1)c1ccco1. The molecule has 84 valence electrons. The van der Waals surface area contributed by atoms with Crippen LogP contribution in [0.1, 0.15) is 17.7 Å². The van der Waals surface area contributed by atoms with Crippen LogP contribution >= 0.6 is 11.6 Å². The predicted octanol–water partition coefficient (Wildman–Crippen LogP) is 3.14. The molecule has 0 spiro atoms. The van der Waals surface area contributed by atoms with Gasteiger partial charge in [0.25, 0.3) is 0 Å². The minimum atomic E-state index is -1.13. The number of aliphatic hydroxyl groups is 1. The van der Waals surface area contributed by atoms with Gasteiger partial charge in [-0.25, -0.2) is 0 Å². The van der Waals surface area contributed by atoms with E-state index >= 15 is 0 Å². The highest BCUT2D eigenvalue weighted by Gasteiger charge is 2.33. The molecule has 3 heteroatoms. The molecular formula is C13H13ClO2. The standard InChI is InChI=1S/C13H13ClO2/c14-9-8-13(15,12-7-4-10-16-12)11-5-2-1-3-6-11/h1-7,10,15H,8-9H2. The first kappa shape index (κ1) is 11.2. The first-order valence-corrected chi connectivity index (χ1v) is 5.68. The van der Waals surface area contributed by atoms with Crippen molar-refractivity contribution in [2.24, 2.45) is 0 Å². The summed E-state index contributed by atoms with van der Waals surface area (Å²) in [7, 11) is 0. The molecule has 2 nitrogen and oxygen atoms in total. The molecule has 0 bridgehead atoms. The zero-order valence-electron chi connectivity index (χ0n) is 8.77. The van der Waals surface area contributed by atoms with E-state index in [1.54, 1.807) is 18.4 Å². The molecule has 0 aliphatic carbocycles. The van der Waals surface area contributed by atoms with Gasteiger partial charge in [0.15, 0.2) is 0 Å². The first-order valence-electron chi connectivity index (χ1n) is 5.15. The van der Waals surface area contributed by atoms with E-state index in [9.17, 15) is 5.11 Å². The quantitative estimate of drug-likeness (QED) is 0.828. The maximum atomic E-state index is 10.7. The Hall–Kier alpha value is -1.25. The number of alkyl halides is 1. The van der Waals surface area contributed by atoms with Gasteiger partial charge in [-0.1, -0.05) is 30.3 Å². The molecule has 16 heavy (non-hydrogen) atoms. The van der Waals surface area contributed by atoms with Gasteiger partial charge in [-0.3, -0.25) is 0 Å². The molecule has 0 aliphatic rings. The first-order chi connectivity index (χ1) is 7.77. The summed E-state index contributed by atoms with van der Waals surface area (Å²) in [6, 6.07) is 12.9. The fraction of sp³-hybridized carbons (Fsp3) is 0.231. The monoisotopic (exact) mass is 236 g/mol. The molecule has 0 aliphatic heterocycles. The maximum Gasteiger partial charge on any atom is 0.148 e. The maximum absolute atomic E-state index is 10.7. The van der Waals surface area contributed by atoms with Gasteiger partial charge in [-0.15, -0.1) is 11.6 Å². The molecular weight excluding hydrogens is 224 g/mol. The second-order valence-corrected chi connectivity index (χ2v) is 4.02. The zero-order chi connectivity index (χ0) is 11.4. The summed E-state index contributed by atoms with van der Waals surface area (Å²) in [5.74, 6) is 0.894. The van der Waals surface area contributed by atoms with Crippen LogP contribution < -0.4 is 0 Å². The predicted molar refractivity (Wildman–Crippen MR) is 63.5 cm³/mol. The van der Waals surface area contributed by atoms with Gasteiger partial charge in [0.1, 0.15) is 11.4 Å². The van der Waals surface area contributed by atoms with Gasteiger partial charge in [0.05, 0.1) is 6.26 Å². The van der Waals surface area contributed by atoms with Crippen molar-refractivity contribution in [2.75, 3.05) is 5.88 Å². The second kappa shape index (κ2) is 4.73. The number of hydrogen-bond acceptors (Lipinski definition) is 2. The molecule has 1 aromatic carbocycles. The Bertz CT molecular complexity index is 424. The van der Waals surface area contributed by atoms with Gasteiger partial charge in [-0.05, 0) is 17.7 Å². The van der Waals surface area contributed by atoms with Crippen LogP contribution in [0.3, 0.4) is 0 Å². The number of furan rings is 1. The van der Waals surface area contributed by atoms with E-state index in [1.807, 2.05) is 30.3 Å². The number of halogens is 1. The Morgan fingerprint density at radius 2 is 1.88 bits per heavy atom. The number of benzene rings is 1. The lowest BCUT2D eigenvalue weighted by Gasteiger charge is -2.25. The van der Waals surface area contributed by atoms with E-state index in [2.05, 4.69) is 0 Å². The third-order valence-electron chi connectivity index (χ3n) is 2.64. The summed E-state index contributed by atoms with van der Waals surface area (Å²) in [6.07, 6.45) is 1.98. The third kappa shape index (κ3) is 1.99. The molecule has 1 atom stereocenters. The Labute approximate surface area is 99.5 Å². The van der Waals surface area contributed by atoms with Crippen molar-refractivity contribution in [3.05, 3.63) is 60.1 Å². The van der Waals surface area contributed by atoms with Crippen LogP contribution in [0.4, 0.5) is 0 Å². The highest BCUT2D eigenvalue weighted by Crippen LogP contribution is 2.33. The van der Waals surface area contributed by atoms with Crippen molar-refractivity contribution in [3.63, 3.8) is 0 Å². The van der Waals surface area contributed by atoms with E-state index in [1.165, 1.54) is 0 Å². The lowest BCUT2D eigenvalue weighted by atomic mass is 9.89. The smallest absolute Gasteiger partial charge is 0.148 e. The van der Waals surface area contributed by atoms with E-state index in [-0.39, 0.29) is 0 Å². The third-order valence-corrected chi connectivity index (χ3v) is 2.83. The summed E-state index contributed by atoms with van der Waals surface area (Å²) in [5, 5.41) is 10.7. The molecule has 0 saturated heterocycles. The molecule has 0 saturated carbocycles. The van der Waals surface area contributed by atoms with E-state index in [0.29, 0.717) is 18.1 Å². The Balaban J connectivity index is 2.44. The lowest BCUT2D eigenvalue weighted by Crippen LogP contribution is -2.27. The summed E-state index contributed by atoms with van der Waals surface area (Å²) in [6.45, 7) is 0. The summed E-state index contributed by atoms with van der Waals surface area (Å²) in [5.41, 5.74) is -0.336. The van der Waals surface area contributed by atoms with Crippen molar-refractivity contribution in [3.8, 4) is 0 Å². The van der Waals surface area contributed by atoms with Crippen LogP contribution in [0.5, 0.6) is 0 Å². The molecule has 2 rings (SSSR count). The van der Waals surface area contributed by atoms with Gasteiger partial charge < -0.3 is 9.52 Å². The van der Waals surface area contributed by atoms with Crippen molar-refractivity contribution in [1.82, 2.24) is 0 Å². The lowest BCUT2D eigenvalue weighted by molar-refractivity contribution is 0.0536. The highest BCUT2D eigenvalue weighted by atomic mass is 35.5. The van der Waals surface area contributed by atoms with Crippen LogP contribution in [-0.4, -0.2) is 11.0 Å². The number of rotatable bonds is 4. The average Bonchev–Trinajstić information content (AvgIpc) is 2.84. The fourth-order valence-corrected chi connectivity index (χ4v) is 2.05. The van der Waals surface area contributed by atoms with Crippen LogP contribution in [0.15, 0.2) is 53.1 Å². The number of hydrogen-bond donors (Lipinski definition) is 1.